The molecule has 1 aliphatic carbocycles. The second-order valence-electron chi connectivity index (χ2n) is 6.46. The normalized spacial score (nSPS) is 21.0. The molecule has 1 amide bonds. The third-order valence-corrected chi connectivity index (χ3v) is 4.18. The Morgan fingerprint density at radius 1 is 1.30 bits per heavy atom. The van der Waals surface area contributed by atoms with E-state index in [2.05, 4.69) is 24.1 Å². The maximum absolute atomic E-state index is 12.5. The zero-order valence-corrected chi connectivity index (χ0v) is 12.0. The number of hydrogen-bond donors (Lipinski definition) is 1. The van der Waals surface area contributed by atoms with Crippen molar-refractivity contribution in [1.82, 2.24) is 10.3 Å². The van der Waals surface area contributed by atoms with Gasteiger partial charge in [-0.25, -0.2) is 0 Å². The van der Waals surface area contributed by atoms with Gasteiger partial charge >= 0.3 is 0 Å². The first-order valence-corrected chi connectivity index (χ1v) is 7.20. The smallest absolute Gasteiger partial charge is 0.253 e. The number of aromatic nitrogens is 1. The van der Waals surface area contributed by atoms with Crippen LogP contribution < -0.4 is 5.32 Å². The van der Waals surface area contributed by atoms with Crippen LogP contribution in [-0.4, -0.2) is 16.9 Å². The van der Waals surface area contributed by atoms with Gasteiger partial charge in [0.25, 0.3) is 5.91 Å². The Hall–Kier alpha value is -1.90. The number of nitrogens with zero attached hydrogens (tertiary/aromatic N) is 1. The van der Waals surface area contributed by atoms with Crippen molar-refractivity contribution in [2.75, 3.05) is 0 Å². The fourth-order valence-electron chi connectivity index (χ4n) is 3.11. The monoisotopic (exact) mass is 268 g/mol. The van der Waals surface area contributed by atoms with Crippen molar-refractivity contribution >= 4 is 16.8 Å². The number of fused-ring (bicyclic) bond motifs is 1. The lowest BCUT2D eigenvalue weighted by Gasteiger charge is -2.18. The Morgan fingerprint density at radius 2 is 2.10 bits per heavy atom. The Labute approximate surface area is 119 Å². The Kier molecular flexibility index (Phi) is 3.20. The first-order valence-electron chi connectivity index (χ1n) is 7.20. The topological polar surface area (TPSA) is 42.0 Å². The third-order valence-electron chi connectivity index (χ3n) is 4.18. The molecule has 1 unspecified atom stereocenters. The lowest BCUT2D eigenvalue weighted by molar-refractivity contribution is 0.0937. The quantitative estimate of drug-likeness (QED) is 0.905. The SMILES string of the molecule is CC1(C)CCC(NC(=O)c2cccc3cccnc23)C1. The molecule has 0 saturated heterocycles. The number of benzene rings is 1. The molecular weight excluding hydrogens is 248 g/mol. The molecule has 3 nitrogen and oxygen atoms in total. The van der Waals surface area contributed by atoms with Gasteiger partial charge in [0.05, 0.1) is 11.1 Å². The number of pyridine rings is 1. The summed E-state index contributed by atoms with van der Waals surface area (Å²) >= 11 is 0. The molecule has 0 spiro atoms. The molecule has 1 fully saturated rings. The van der Waals surface area contributed by atoms with Gasteiger partial charge in [-0.05, 0) is 36.8 Å². The van der Waals surface area contributed by atoms with Gasteiger partial charge in [-0.3, -0.25) is 9.78 Å². The highest BCUT2D eigenvalue weighted by molar-refractivity contribution is 6.05. The van der Waals surface area contributed by atoms with E-state index in [0.717, 1.165) is 23.7 Å². The number of rotatable bonds is 2. The summed E-state index contributed by atoms with van der Waals surface area (Å²) in [4.78, 5) is 16.8. The zero-order chi connectivity index (χ0) is 14.2. The summed E-state index contributed by atoms with van der Waals surface area (Å²) in [6.07, 6.45) is 5.03. The molecular formula is C17H20N2O. The van der Waals surface area contributed by atoms with Crippen molar-refractivity contribution in [3.05, 3.63) is 42.1 Å². The first kappa shape index (κ1) is 13.1. The second-order valence-corrected chi connectivity index (χ2v) is 6.46. The van der Waals surface area contributed by atoms with Crippen LogP contribution in [0.1, 0.15) is 43.5 Å². The molecule has 20 heavy (non-hydrogen) atoms. The fourth-order valence-corrected chi connectivity index (χ4v) is 3.11. The highest BCUT2D eigenvalue weighted by Gasteiger charge is 2.31. The summed E-state index contributed by atoms with van der Waals surface area (Å²) in [6.45, 7) is 4.53. The summed E-state index contributed by atoms with van der Waals surface area (Å²) in [5, 5.41) is 4.17. The molecule has 3 heteroatoms. The van der Waals surface area contributed by atoms with Crippen LogP contribution >= 0.6 is 0 Å². The molecule has 1 aromatic heterocycles. The van der Waals surface area contributed by atoms with Gasteiger partial charge in [0.15, 0.2) is 0 Å². The molecule has 3 rings (SSSR count). The minimum absolute atomic E-state index is 0.00278. The number of para-hydroxylation sites is 1. The molecule has 1 saturated carbocycles. The maximum atomic E-state index is 12.5. The van der Waals surface area contributed by atoms with Crippen LogP contribution in [0.15, 0.2) is 36.5 Å². The third kappa shape index (κ3) is 2.53. The standard InChI is InChI=1S/C17H20N2O/c1-17(2)9-8-13(11-17)19-16(20)14-7-3-5-12-6-4-10-18-15(12)14/h3-7,10,13H,8-9,11H2,1-2H3,(H,19,20). The Morgan fingerprint density at radius 3 is 2.85 bits per heavy atom. The minimum atomic E-state index is -0.00278. The van der Waals surface area contributed by atoms with Crippen molar-refractivity contribution in [2.45, 2.75) is 39.2 Å². The van der Waals surface area contributed by atoms with Crippen molar-refractivity contribution in [1.29, 1.82) is 0 Å². The van der Waals surface area contributed by atoms with Gasteiger partial charge in [-0.15, -0.1) is 0 Å². The van der Waals surface area contributed by atoms with E-state index >= 15 is 0 Å². The van der Waals surface area contributed by atoms with Crippen LogP contribution in [0, 0.1) is 5.41 Å². The van der Waals surface area contributed by atoms with Gasteiger partial charge in [0.1, 0.15) is 0 Å². The summed E-state index contributed by atoms with van der Waals surface area (Å²) in [5.41, 5.74) is 1.80. The average molecular weight is 268 g/mol. The predicted molar refractivity (Wildman–Crippen MR) is 80.6 cm³/mol. The van der Waals surface area contributed by atoms with Gasteiger partial charge in [-0.1, -0.05) is 32.0 Å². The summed E-state index contributed by atoms with van der Waals surface area (Å²) in [7, 11) is 0. The number of hydrogen-bond acceptors (Lipinski definition) is 2. The maximum Gasteiger partial charge on any atom is 0.253 e. The highest BCUT2D eigenvalue weighted by Crippen LogP contribution is 2.37. The zero-order valence-electron chi connectivity index (χ0n) is 12.0. The highest BCUT2D eigenvalue weighted by atomic mass is 16.1. The Bertz CT molecular complexity index is 643. The van der Waals surface area contributed by atoms with E-state index in [4.69, 9.17) is 0 Å². The predicted octanol–water partition coefficient (Wildman–Crippen LogP) is 3.54. The Balaban J connectivity index is 1.83. The molecule has 0 bridgehead atoms. The molecule has 1 heterocycles. The summed E-state index contributed by atoms with van der Waals surface area (Å²) in [5.74, 6) is -0.00278. The lowest BCUT2D eigenvalue weighted by Crippen LogP contribution is -2.33. The first-order chi connectivity index (χ1) is 9.55. The van der Waals surface area contributed by atoms with E-state index in [1.165, 1.54) is 6.42 Å². The van der Waals surface area contributed by atoms with Crippen LogP contribution in [-0.2, 0) is 0 Å². The van der Waals surface area contributed by atoms with Gasteiger partial charge < -0.3 is 5.32 Å². The number of carbonyl (C=O) groups excluding carboxylic acids is 1. The van der Waals surface area contributed by atoms with E-state index in [9.17, 15) is 4.79 Å². The molecule has 1 aromatic carbocycles. The van der Waals surface area contributed by atoms with E-state index in [1.807, 2.05) is 30.3 Å². The number of carbonyl (C=O) groups is 1. The van der Waals surface area contributed by atoms with Crippen molar-refractivity contribution in [2.24, 2.45) is 5.41 Å². The number of nitrogens with one attached hydrogen (secondary N) is 1. The average Bonchev–Trinajstić information content (AvgIpc) is 2.77. The summed E-state index contributed by atoms with van der Waals surface area (Å²) < 4.78 is 0. The van der Waals surface area contributed by atoms with Crippen LogP contribution in [0.5, 0.6) is 0 Å². The fraction of sp³-hybridized carbons (Fsp3) is 0.412. The lowest BCUT2D eigenvalue weighted by atomic mass is 9.92. The van der Waals surface area contributed by atoms with E-state index in [-0.39, 0.29) is 11.9 Å². The largest absolute Gasteiger partial charge is 0.349 e. The molecule has 104 valence electrons. The van der Waals surface area contributed by atoms with Gasteiger partial charge in [-0.2, -0.15) is 0 Å². The molecule has 0 radical (unpaired) electrons. The van der Waals surface area contributed by atoms with Crippen LogP contribution in [0.2, 0.25) is 0 Å². The van der Waals surface area contributed by atoms with Gasteiger partial charge in [0.2, 0.25) is 0 Å². The van der Waals surface area contributed by atoms with E-state index < -0.39 is 0 Å². The molecule has 2 aromatic rings. The van der Waals surface area contributed by atoms with Crippen LogP contribution in [0.3, 0.4) is 0 Å². The second kappa shape index (κ2) is 4.89. The van der Waals surface area contributed by atoms with Crippen molar-refractivity contribution in [3.8, 4) is 0 Å². The molecule has 0 aliphatic heterocycles. The molecule has 1 aliphatic rings. The van der Waals surface area contributed by atoms with Crippen molar-refractivity contribution in [3.63, 3.8) is 0 Å². The van der Waals surface area contributed by atoms with Crippen LogP contribution in [0.25, 0.3) is 10.9 Å². The minimum Gasteiger partial charge on any atom is -0.349 e. The molecule has 1 N–H and O–H groups in total. The van der Waals surface area contributed by atoms with Crippen molar-refractivity contribution < 1.29 is 4.79 Å². The van der Waals surface area contributed by atoms with Crippen LogP contribution in [0.4, 0.5) is 0 Å². The molecule has 1 atom stereocenters. The van der Waals surface area contributed by atoms with E-state index in [0.29, 0.717) is 11.0 Å². The number of amides is 1. The van der Waals surface area contributed by atoms with E-state index in [1.54, 1.807) is 6.20 Å². The summed E-state index contributed by atoms with van der Waals surface area (Å²) in [6, 6.07) is 9.91. The van der Waals surface area contributed by atoms with Gasteiger partial charge in [0, 0.05) is 17.6 Å².